The van der Waals surface area contributed by atoms with Crippen molar-refractivity contribution in [2.45, 2.75) is 12.8 Å². The molecule has 1 aromatic carbocycles. The molecule has 1 saturated heterocycles. The van der Waals surface area contributed by atoms with E-state index >= 15 is 0 Å². The van der Waals surface area contributed by atoms with E-state index in [-0.39, 0.29) is 11.7 Å². The van der Waals surface area contributed by atoms with Crippen molar-refractivity contribution in [1.29, 1.82) is 0 Å². The van der Waals surface area contributed by atoms with E-state index in [0.717, 1.165) is 35.8 Å². The molecule has 2 N–H and O–H groups in total. The van der Waals surface area contributed by atoms with Gasteiger partial charge in [-0.3, -0.25) is 9.20 Å². The Balaban J connectivity index is 1.74. The van der Waals surface area contributed by atoms with Gasteiger partial charge in [0.2, 0.25) is 5.91 Å². The standard InChI is InChI=1S/C19H19N5O3/c25-13-3-1-2-12(10-13)15-11-24-17-14(4-5-16(26)22-17)20-19(24)18(21-15)23-6-8-27-9-7-23/h1-3,10-11,25H,4-9H2,(H,22,26). The summed E-state index contributed by atoms with van der Waals surface area (Å²) in [5, 5.41) is 12.8. The molecule has 8 nitrogen and oxygen atoms in total. The van der Waals surface area contributed by atoms with Gasteiger partial charge in [-0.05, 0) is 12.1 Å². The van der Waals surface area contributed by atoms with Crippen LogP contribution in [0.15, 0.2) is 30.5 Å². The first-order valence-corrected chi connectivity index (χ1v) is 9.03. The largest absolute Gasteiger partial charge is 0.508 e. The third-order valence-corrected chi connectivity index (χ3v) is 4.96. The van der Waals surface area contributed by atoms with Crippen LogP contribution in [0.4, 0.5) is 11.6 Å². The maximum atomic E-state index is 11.9. The molecule has 0 spiro atoms. The van der Waals surface area contributed by atoms with E-state index in [0.29, 0.717) is 37.6 Å². The molecule has 1 amide bonds. The summed E-state index contributed by atoms with van der Waals surface area (Å²) < 4.78 is 7.38. The minimum atomic E-state index is -0.00654. The average molecular weight is 365 g/mol. The highest BCUT2D eigenvalue weighted by Gasteiger charge is 2.25. The zero-order valence-electron chi connectivity index (χ0n) is 14.7. The lowest BCUT2D eigenvalue weighted by molar-refractivity contribution is -0.116. The molecule has 3 aromatic rings. The van der Waals surface area contributed by atoms with Gasteiger partial charge >= 0.3 is 0 Å². The summed E-state index contributed by atoms with van der Waals surface area (Å²) in [6, 6.07) is 7.00. The van der Waals surface area contributed by atoms with Crippen LogP contribution in [0.1, 0.15) is 12.1 Å². The zero-order valence-corrected chi connectivity index (χ0v) is 14.7. The second-order valence-electron chi connectivity index (χ2n) is 6.75. The van der Waals surface area contributed by atoms with Crippen LogP contribution in [0.25, 0.3) is 16.9 Å². The van der Waals surface area contributed by atoms with E-state index in [4.69, 9.17) is 14.7 Å². The number of amides is 1. The number of aromatic nitrogens is 3. The number of nitrogens with zero attached hydrogens (tertiary/aromatic N) is 4. The zero-order chi connectivity index (χ0) is 18.4. The Hall–Kier alpha value is -3.13. The molecule has 0 unspecified atom stereocenters. The summed E-state index contributed by atoms with van der Waals surface area (Å²) in [5.74, 6) is 1.65. The second kappa shape index (κ2) is 6.24. The number of phenols is 1. The molecule has 0 radical (unpaired) electrons. The Morgan fingerprint density at radius 2 is 2.00 bits per heavy atom. The van der Waals surface area contributed by atoms with E-state index in [1.807, 2.05) is 16.7 Å². The first kappa shape index (κ1) is 16.1. The fourth-order valence-electron chi connectivity index (χ4n) is 3.60. The average Bonchev–Trinajstić information content (AvgIpc) is 3.06. The van der Waals surface area contributed by atoms with Crippen LogP contribution in [-0.4, -0.2) is 51.7 Å². The Kier molecular flexibility index (Phi) is 3.71. The van der Waals surface area contributed by atoms with E-state index in [9.17, 15) is 9.90 Å². The molecule has 4 heterocycles. The van der Waals surface area contributed by atoms with Gasteiger partial charge in [0.15, 0.2) is 11.5 Å². The van der Waals surface area contributed by atoms with Crippen LogP contribution in [0, 0.1) is 0 Å². The fraction of sp³-hybridized carbons (Fsp3) is 0.316. The van der Waals surface area contributed by atoms with E-state index in [1.54, 1.807) is 18.2 Å². The van der Waals surface area contributed by atoms with E-state index in [1.165, 1.54) is 0 Å². The quantitative estimate of drug-likeness (QED) is 0.720. The van der Waals surface area contributed by atoms with Crippen molar-refractivity contribution in [3.8, 4) is 17.0 Å². The second-order valence-corrected chi connectivity index (χ2v) is 6.75. The van der Waals surface area contributed by atoms with Gasteiger partial charge in [-0.1, -0.05) is 12.1 Å². The lowest BCUT2D eigenvalue weighted by atomic mass is 10.1. The molecule has 0 aliphatic carbocycles. The van der Waals surface area contributed by atoms with Gasteiger partial charge in [0, 0.05) is 37.7 Å². The van der Waals surface area contributed by atoms with Crippen molar-refractivity contribution in [2.75, 3.05) is 36.5 Å². The Morgan fingerprint density at radius 1 is 1.15 bits per heavy atom. The van der Waals surface area contributed by atoms with Gasteiger partial charge < -0.3 is 20.1 Å². The molecule has 138 valence electrons. The monoisotopic (exact) mass is 365 g/mol. The van der Waals surface area contributed by atoms with Crippen molar-refractivity contribution >= 4 is 23.2 Å². The number of carbonyl (C=O) groups is 1. The first-order valence-electron chi connectivity index (χ1n) is 9.03. The van der Waals surface area contributed by atoms with Gasteiger partial charge in [-0.25, -0.2) is 9.97 Å². The summed E-state index contributed by atoms with van der Waals surface area (Å²) in [5.41, 5.74) is 3.11. The fourth-order valence-corrected chi connectivity index (χ4v) is 3.60. The molecule has 1 fully saturated rings. The summed E-state index contributed by atoms with van der Waals surface area (Å²) in [6.45, 7) is 2.74. The van der Waals surface area contributed by atoms with Gasteiger partial charge in [-0.15, -0.1) is 0 Å². The number of nitrogens with one attached hydrogen (secondary N) is 1. The van der Waals surface area contributed by atoms with Gasteiger partial charge in [0.05, 0.1) is 24.6 Å². The van der Waals surface area contributed by atoms with Crippen molar-refractivity contribution in [3.05, 3.63) is 36.2 Å². The van der Waals surface area contributed by atoms with Crippen molar-refractivity contribution in [2.24, 2.45) is 0 Å². The number of rotatable bonds is 2. The van der Waals surface area contributed by atoms with Crippen LogP contribution in [0.3, 0.4) is 0 Å². The predicted octanol–water partition coefficient (Wildman–Crippen LogP) is 1.82. The molecule has 2 aromatic heterocycles. The maximum absolute atomic E-state index is 11.9. The van der Waals surface area contributed by atoms with Gasteiger partial charge in [0.25, 0.3) is 0 Å². The number of morpholine rings is 1. The number of anilines is 2. The molecule has 0 atom stereocenters. The molecule has 5 rings (SSSR count). The minimum Gasteiger partial charge on any atom is -0.508 e. The Labute approximate surface area is 155 Å². The first-order chi connectivity index (χ1) is 13.2. The Bertz CT molecular complexity index is 1040. The van der Waals surface area contributed by atoms with Crippen LogP contribution in [0.2, 0.25) is 0 Å². The predicted molar refractivity (Wildman–Crippen MR) is 100 cm³/mol. The lowest BCUT2D eigenvalue weighted by Gasteiger charge is -2.28. The molecule has 2 aliphatic rings. The van der Waals surface area contributed by atoms with Crippen LogP contribution in [0.5, 0.6) is 5.75 Å². The third-order valence-electron chi connectivity index (χ3n) is 4.96. The van der Waals surface area contributed by atoms with Crippen LogP contribution >= 0.6 is 0 Å². The van der Waals surface area contributed by atoms with Crippen LogP contribution < -0.4 is 10.2 Å². The molecular weight excluding hydrogens is 346 g/mol. The number of carbonyl (C=O) groups excluding carboxylic acids is 1. The maximum Gasteiger partial charge on any atom is 0.225 e. The summed E-state index contributed by atoms with van der Waals surface area (Å²) in [4.78, 5) is 23.7. The van der Waals surface area contributed by atoms with Crippen molar-refractivity contribution in [1.82, 2.24) is 14.4 Å². The molecular formula is C19H19N5O3. The van der Waals surface area contributed by atoms with Crippen molar-refractivity contribution < 1.29 is 14.6 Å². The molecule has 27 heavy (non-hydrogen) atoms. The van der Waals surface area contributed by atoms with Gasteiger partial charge in [0.1, 0.15) is 11.6 Å². The highest BCUT2D eigenvalue weighted by molar-refractivity contribution is 5.94. The number of aromatic hydroxyl groups is 1. The molecule has 2 aliphatic heterocycles. The van der Waals surface area contributed by atoms with E-state index in [2.05, 4.69) is 10.2 Å². The SMILES string of the molecule is O=C1CCc2nc3c(N4CCOCC4)nc(-c4cccc(O)c4)cn3c2N1. The number of benzene rings is 1. The molecule has 0 bridgehead atoms. The topological polar surface area (TPSA) is 92.0 Å². The van der Waals surface area contributed by atoms with Crippen molar-refractivity contribution in [3.63, 3.8) is 0 Å². The third kappa shape index (κ3) is 2.78. The minimum absolute atomic E-state index is 0.00654. The number of hydrogen-bond acceptors (Lipinski definition) is 6. The normalized spacial score (nSPS) is 17.0. The summed E-state index contributed by atoms with van der Waals surface area (Å²) >= 11 is 0. The number of hydrogen-bond donors (Lipinski definition) is 2. The summed E-state index contributed by atoms with van der Waals surface area (Å²) in [6.07, 6.45) is 2.93. The number of imidazole rings is 1. The highest BCUT2D eigenvalue weighted by atomic mass is 16.5. The number of fused-ring (bicyclic) bond motifs is 3. The molecule has 0 saturated carbocycles. The lowest BCUT2D eigenvalue weighted by Crippen LogP contribution is -2.37. The summed E-state index contributed by atoms with van der Waals surface area (Å²) in [7, 11) is 0. The number of phenolic OH excluding ortho intramolecular Hbond substituents is 1. The highest BCUT2D eigenvalue weighted by Crippen LogP contribution is 2.32. The van der Waals surface area contributed by atoms with E-state index < -0.39 is 0 Å². The number of aryl methyl sites for hydroxylation is 1. The Morgan fingerprint density at radius 3 is 2.81 bits per heavy atom. The van der Waals surface area contributed by atoms with Crippen LogP contribution in [-0.2, 0) is 16.0 Å². The van der Waals surface area contributed by atoms with Gasteiger partial charge in [-0.2, -0.15) is 0 Å². The number of ether oxygens (including phenoxy) is 1. The molecule has 8 heteroatoms. The smallest absolute Gasteiger partial charge is 0.225 e.